The van der Waals surface area contributed by atoms with Gasteiger partial charge in [-0.05, 0) is 36.4 Å². The highest BCUT2D eigenvalue weighted by atomic mass is 35.5. The maximum atomic E-state index is 13.2. The first-order valence-corrected chi connectivity index (χ1v) is 7.65. The first-order chi connectivity index (χ1) is 12.0. The van der Waals surface area contributed by atoms with Crippen molar-refractivity contribution in [1.82, 2.24) is 4.98 Å². The Morgan fingerprint density at radius 3 is 2.40 bits per heavy atom. The highest BCUT2D eigenvalue weighted by Crippen LogP contribution is 2.24. The van der Waals surface area contributed by atoms with E-state index in [9.17, 15) is 13.6 Å². The Labute approximate surface area is 147 Å². The van der Waals surface area contributed by atoms with E-state index in [1.54, 1.807) is 12.1 Å². The number of hydrogen-bond acceptors (Lipinski definition) is 3. The van der Waals surface area contributed by atoms with Crippen LogP contribution in [0.4, 0.5) is 25.8 Å². The van der Waals surface area contributed by atoms with Gasteiger partial charge in [-0.25, -0.2) is 13.8 Å². The van der Waals surface area contributed by atoms with Gasteiger partial charge in [0.25, 0.3) is 5.91 Å². The molecule has 2 N–H and O–H groups in total. The number of para-hydroxylation sites is 1. The maximum absolute atomic E-state index is 13.2. The summed E-state index contributed by atoms with van der Waals surface area (Å²) in [4.78, 5) is 16.2. The van der Waals surface area contributed by atoms with E-state index in [1.165, 1.54) is 18.3 Å². The number of nitrogens with one attached hydrogen (secondary N) is 2. The predicted molar refractivity (Wildman–Crippen MR) is 93.3 cm³/mol. The number of carbonyl (C=O) groups is 1. The lowest BCUT2D eigenvalue weighted by molar-refractivity contribution is 0.102. The van der Waals surface area contributed by atoms with Crippen LogP contribution >= 0.6 is 11.6 Å². The Balaban J connectivity index is 1.70. The van der Waals surface area contributed by atoms with Gasteiger partial charge in [-0.3, -0.25) is 4.79 Å². The third kappa shape index (κ3) is 4.10. The summed E-state index contributed by atoms with van der Waals surface area (Å²) in [7, 11) is 0. The van der Waals surface area contributed by atoms with Crippen LogP contribution in [0.15, 0.2) is 60.8 Å². The Hall–Kier alpha value is -2.99. The van der Waals surface area contributed by atoms with Crippen molar-refractivity contribution in [2.75, 3.05) is 10.6 Å². The summed E-state index contributed by atoms with van der Waals surface area (Å²) < 4.78 is 26.1. The summed E-state index contributed by atoms with van der Waals surface area (Å²) in [6.07, 6.45) is 1.48. The molecule has 0 saturated carbocycles. The Bertz CT molecular complexity index is 916. The number of anilines is 3. The SMILES string of the molecule is O=C(Nc1ccc(F)c(F)c1)c1ccc(Nc2ccccc2Cl)cn1. The Morgan fingerprint density at radius 2 is 1.72 bits per heavy atom. The fourth-order valence-electron chi connectivity index (χ4n) is 2.09. The average molecular weight is 360 g/mol. The summed E-state index contributed by atoms with van der Waals surface area (Å²) in [5.74, 6) is -2.55. The first kappa shape index (κ1) is 16.9. The molecule has 0 fully saturated rings. The topological polar surface area (TPSA) is 54.0 Å². The second-order valence-electron chi connectivity index (χ2n) is 5.12. The Kier molecular flexibility index (Phi) is 4.90. The highest BCUT2D eigenvalue weighted by molar-refractivity contribution is 6.33. The van der Waals surface area contributed by atoms with Gasteiger partial charge < -0.3 is 10.6 Å². The van der Waals surface area contributed by atoms with E-state index < -0.39 is 17.5 Å². The monoisotopic (exact) mass is 359 g/mol. The van der Waals surface area contributed by atoms with Crippen LogP contribution in [0.3, 0.4) is 0 Å². The molecule has 0 aliphatic carbocycles. The zero-order valence-corrected chi connectivity index (χ0v) is 13.5. The maximum Gasteiger partial charge on any atom is 0.274 e. The molecule has 7 heteroatoms. The number of carbonyl (C=O) groups excluding carboxylic acids is 1. The van der Waals surface area contributed by atoms with Crippen LogP contribution in [0.1, 0.15) is 10.5 Å². The van der Waals surface area contributed by atoms with E-state index >= 15 is 0 Å². The molecule has 4 nitrogen and oxygen atoms in total. The molecular formula is C18H12ClF2N3O. The van der Waals surface area contributed by atoms with Crippen LogP contribution in [0.2, 0.25) is 5.02 Å². The zero-order valence-electron chi connectivity index (χ0n) is 12.8. The summed E-state index contributed by atoms with van der Waals surface area (Å²) in [6, 6.07) is 13.5. The van der Waals surface area contributed by atoms with Crippen molar-refractivity contribution in [2.24, 2.45) is 0 Å². The third-order valence-corrected chi connectivity index (χ3v) is 3.66. The van der Waals surface area contributed by atoms with Gasteiger partial charge in [0, 0.05) is 11.8 Å². The van der Waals surface area contributed by atoms with Crippen molar-refractivity contribution >= 4 is 34.6 Å². The Morgan fingerprint density at radius 1 is 0.960 bits per heavy atom. The van der Waals surface area contributed by atoms with E-state index in [0.29, 0.717) is 16.4 Å². The standard InChI is InChI=1S/C18H12ClF2N3O/c19-13-3-1-2-4-16(13)23-12-6-8-17(22-10-12)18(25)24-11-5-7-14(20)15(21)9-11/h1-10,23H,(H,24,25). The second kappa shape index (κ2) is 7.27. The van der Waals surface area contributed by atoms with Gasteiger partial charge in [0.15, 0.2) is 11.6 Å². The molecule has 0 bridgehead atoms. The molecule has 1 heterocycles. The molecule has 3 rings (SSSR count). The molecule has 0 atom stereocenters. The molecular weight excluding hydrogens is 348 g/mol. The van der Waals surface area contributed by atoms with Crippen LogP contribution in [-0.2, 0) is 0 Å². The van der Waals surface area contributed by atoms with Gasteiger partial charge in [0.1, 0.15) is 5.69 Å². The molecule has 0 aliphatic rings. The minimum atomic E-state index is -1.04. The van der Waals surface area contributed by atoms with Crippen molar-refractivity contribution in [1.29, 1.82) is 0 Å². The first-order valence-electron chi connectivity index (χ1n) is 7.27. The fourth-order valence-corrected chi connectivity index (χ4v) is 2.27. The van der Waals surface area contributed by atoms with Crippen molar-refractivity contribution in [3.8, 4) is 0 Å². The number of aromatic nitrogens is 1. The van der Waals surface area contributed by atoms with Gasteiger partial charge >= 0.3 is 0 Å². The number of nitrogens with zero attached hydrogens (tertiary/aromatic N) is 1. The minimum absolute atomic E-state index is 0.134. The largest absolute Gasteiger partial charge is 0.353 e. The van der Waals surface area contributed by atoms with Gasteiger partial charge in [-0.15, -0.1) is 0 Å². The molecule has 0 spiro atoms. The minimum Gasteiger partial charge on any atom is -0.353 e. The lowest BCUT2D eigenvalue weighted by Crippen LogP contribution is -2.13. The smallest absolute Gasteiger partial charge is 0.274 e. The van der Waals surface area contributed by atoms with Crippen LogP contribution in [-0.4, -0.2) is 10.9 Å². The number of halogens is 3. The van der Waals surface area contributed by atoms with Crippen LogP contribution in [0.25, 0.3) is 0 Å². The van der Waals surface area contributed by atoms with Gasteiger partial charge in [0.2, 0.25) is 0 Å². The molecule has 2 aromatic carbocycles. The number of pyridine rings is 1. The number of rotatable bonds is 4. The van der Waals surface area contributed by atoms with Gasteiger partial charge in [-0.2, -0.15) is 0 Å². The van der Waals surface area contributed by atoms with Gasteiger partial charge in [0.05, 0.1) is 22.6 Å². The quantitative estimate of drug-likeness (QED) is 0.688. The number of hydrogen-bond donors (Lipinski definition) is 2. The lowest BCUT2D eigenvalue weighted by Gasteiger charge is -2.09. The van der Waals surface area contributed by atoms with E-state index in [0.717, 1.165) is 12.1 Å². The average Bonchev–Trinajstić information content (AvgIpc) is 2.61. The summed E-state index contributed by atoms with van der Waals surface area (Å²) in [5.41, 5.74) is 1.64. The zero-order chi connectivity index (χ0) is 17.8. The number of amides is 1. The third-order valence-electron chi connectivity index (χ3n) is 3.33. The van der Waals surface area contributed by atoms with Crippen molar-refractivity contribution in [3.05, 3.63) is 83.1 Å². The second-order valence-corrected chi connectivity index (χ2v) is 5.53. The summed E-state index contributed by atoms with van der Waals surface area (Å²) >= 11 is 6.07. The molecule has 25 heavy (non-hydrogen) atoms. The van der Waals surface area contributed by atoms with E-state index in [4.69, 9.17) is 11.6 Å². The lowest BCUT2D eigenvalue weighted by atomic mass is 10.2. The molecule has 0 unspecified atom stereocenters. The molecule has 126 valence electrons. The van der Waals surface area contributed by atoms with Gasteiger partial charge in [-0.1, -0.05) is 23.7 Å². The molecule has 0 saturated heterocycles. The molecule has 1 aromatic heterocycles. The fraction of sp³-hybridized carbons (Fsp3) is 0. The summed E-state index contributed by atoms with van der Waals surface area (Å²) in [5, 5.41) is 6.10. The molecule has 0 aliphatic heterocycles. The number of benzene rings is 2. The van der Waals surface area contributed by atoms with Crippen molar-refractivity contribution < 1.29 is 13.6 Å². The van der Waals surface area contributed by atoms with Crippen LogP contribution < -0.4 is 10.6 Å². The molecule has 0 radical (unpaired) electrons. The predicted octanol–water partition coefficient (Wildman–Crippen LogP) is 5.01. The van der Waals surface area contributed by atoms with E-state index in [2.05, 4.69) is 15.6 Å². The van der Waals surface area contributed by atoms with Crippen LogP contribution in [0, 0.1) is 11.6 Å². The molecule has 1 amide bonds. The van der Waals surface area contributed by atoms with E-state index in [1.807, 2.05) is 18.2 Å². The van der Waals surface area contributed by atoms with Crippen molar-refractivity contribution in [3.63, 3.8) is 0 Å². The molecule has 3 aromatic rings. The normalized spacial score (nSPS) is 10.4. The van der Waals surface area contributed by atoms with Crippen LogP contribution in [0.5, 0.6) is 0 Å². The van der Waals surface area contributed by atoms with Crippen molar-refractivity contribution in [2.45, 2.75) is 0 Å². The van der Waals surface area contributed by atoms with E-state index in [-0.39, 0.29) is 11.4 Å². The summed E-state index contributed by atoms with van der Waals surface area (Å²) in [6.45, 7) is 0. The highest BCUT2D eigenvalue weighted by Gasteiger charge is 2.10.